The number of alkyl halides is 2. The predicted molar refractivity (Wildman–Crippen MR) is 72.2 cm³/mol. The van der Waals surface area contributed by atoms with Gasteiger partial charge in [-0.2, -0.15) is 8.78 Å². The van der Waals surface area contributed by atoms with Crippen LogP contribution in [-0.2, 0) is 0 Å². The Kier molecular flexibility index (Phi) is 4.49. The van der Waals surface area contributed by atoms with Crippen LogP contribution in [0.5, 0.6) is 5.75 Å². The summed E-state index contributed by atoms with van der Waals surface area (Å²) in [6.45, 7) is -2.90. The molecule has 0 fully saturated rings. The van der Waals surface area contributed by atoms with Crippen molar-refractivity contribution in [2.24, 2.45) is 0 Å². The zero-order valence-electron chi connectivity index (χ0n) is 10.3. The molecule has 2 amide bonds. The highest BCUT2D eigenvalue weighted by molar-refractivity contribution is 5.99. The van der Waals surface area contributed by atoms with Crippen molar-refractivity contribution in [2.75, 3.05) is 10.6 Å². The van der Waals surface area contributed by atoms with E-state index in [2.05, 4.69) is 15.4 Å². The number of benzene rings is 2. The number of hydrogen-bond donors (Lipinski definition) is 2. The lowest BCUT2D eigenvalue weighted by Gasteiger charge is -2.09. The molecule has 0 spiro atoms. The summed E-state index contributed by atoms with van der Waals surface area (Å²) in [4.78, 5) is 11.7. The molecular formula is C14H12F2N2O2. The largest absolute Gasteiger partial charge is 0.435 e. The van der Waals surface area contributed by atoms with Gasteiger partial charge in [0.2, 0.25) is 0 Å². The van der Waals surface area contributed by atoms with Crippen LogP contribution in [0.25, 0.3) is 0 Å². The van der Waals surface area contributed by atoms with Gasteiger partial charge in [-0.05, 0) is 24.3 Å². The number of amides is 2. The molecule has 20 heavy (non-hydrogen) atoms. The van der Waals surface area contributed by atoms with Crippen molar-refractivity contribution in [1.82, 2.24) is 0 Å². The third-order valence-corrected chi connectivity index (χ3v) is 2.35. The number of urea groups is 1. The van der Waals surface area contributed by atoms with Gasteiger partial charge in [0.05, 0.1) is 0 Å². The second kappa shape index (κ2) is 6.51. The maximum atomic E-state index is 12.1. The highest BCUT2D eigenvalue weighted by atomic mass is 19.3. The molecule has 0 saturated heterocycles. The van der Waals surface area contributed by atoms with Crippen molar-refractivity contribution in [3.05, 3.63) is 54.6 Å². The summed E-state index contributed by atoms with van der Waals surface area (Å²) in [7, 11) is 0. The van der Waals surface area contributed by atoms with Crippen LogP contribution >= 0.6 is 0 Å². The van der Waals surface area contributed by atoms with Crippen molar-refractivity contribution < 1.29 is 18.3 Å². The maximum absolute atomic E-state index is 12.1. The highest BCUT2D eigenvalue weighted by Gasteiger charge is 2.06. The number of ether oxygens (including phenoxy) is 1. The number of nitrogens with one attached hydrogen (secondary N) is 2. The van der Waals surface area contributed by atoms with Gasteiger partial charge in [-0.1, -0.05) is 24.3 Å². The molecule has 0 aromatic heterocycles. The van der Waals surface area contributed by atoms with Crippen LogP contribution in [0.4, 0.5) is 25.0 Å². The first-order valence-corrected chi connectivity index (χ1v) is 5.81. The fourth-order valence-electron chi connectivity index (χ4n) is 1.56. The van der Waals surface area contributed by atoms with E-state index in [1.54, 1.807) is 30.3 Å². The fraction of sp³-hybridized carbons (Fsp3) is 0.0714. The third kappa shape index (κ3) is 4.24. The van der Waals surface area contributed by atoms with Crippen molar-refractivity contribution >= 4 is 17.4 Å². The molecule has 0 bridgehead atoms. The quantitative estimate of drug-likeness (QED) is 0.890. The van der Waals surface area contributed by atoms with Gasteiger partial charge < -0.3 is 15.4 Å². The van der Waals surface area contributed by atoms with Gasteiger partial charge in [0, 0.05) is 17.4 Å². The van der Waals surface area contributed by atoms with Crippen LogP contribution in [-0.4, -0.2) is 12.6 Å². The SMILES string of the molecule is O=C(Nc1ccccc1)Nc1cccc(OC(F)F)c1. The molecule has 104 valence electrons. The molecule has 2 aromatic rings. The summed E-state index contributed by atoms with van der Waals surface area (Å²) in [6, 6.07) is 14.2. The first kappa shape index (κ1) is 13.8. The Hall–Kier alpha value is -2.63. The Morgan fingerprint density at radius 3 is 2.30 bits per heavy atom. The Morgan fingerprint density at radius 1 is 0.950 bits per heavy atom. The standard InChI is InChI=1S/C14H12F2N2O2/c15-13(16)20-12-8-4-7-11(9-12)18-14(19)17-10-5-2-1-3-6-10/h1-9,13H,(H2,17,18,19). The number of carbonyl (C=O) groups excluding carboxylic acids is 1. The Bertz CT molecular complexity index is 576. The molecule has 2 rings (SSSR count). The second-order valence-electron chi connectivity index (χ2n) is 3.85. The normalized spacial score (nSPS) is 10.2. The fourth-order valence-corrected chi connectivity index (χ4v) is 1.56. The van der Waals surface area contributed by atoms with Crippen molar-refractivity contribution in [2.45, 2.75) is 6.61 Å². The minimum absolute atomic E-state index is 0.0162. The topological polar surface area (TPSA) is 50.4 Å². The molecule has 0 aliphatic carbocycles. The molecule has 0 saturated carbocycles. The maximum Gasteiger partial charge on any atom is 0.387 e. The Labute approximate surface area is 114 Å². The highest BCUT2D eigenvalue weighted by Crippen LogP contribution is 2.19. The summed E-state index contributed by atoms with van der Waals surface area (Å²) in [6.07, 6.45) is 0. The lowest BCUT2D eigenvalue weighted by molar-refractivity contribution is -0.0497. The van der Waals surface area contributed by atoms with Crippen molar-refractivity contribution in [1.29, 1.82) is 0 Å². The van der Waals surface area contributed by atoms with Crippen LogP contribution in [0.1, 0.15) is 0 Å². The van der Waals surface area contributed by atoms with Crippen molar-refractivity contribution in [3.63, 3.8) is 0 Å². The number of anilines is 2. The summed E-state index contributed by atoms with van der Waals surface area (Å²) in [5.41, 5.74) is 0.988. The minimum Gasteiger partial charge on any atom is -0.435 e. The van der Waals surface area contributed by atoms with E-state index in [0.717, 1.165) is 0 Å². The van der Waals surface area contributed by atoms with E-state index in [4.69, 9.17) is 0 Å². The van der Waals surface area contributed by atoms with E-state index < -0.39 is 12.6 Å². The molecule has 4 nitrogen and oxygen atoms in total. The van der Waals surface area contributed by atoms with Gasteiger partial charge in [0.1, 0.15) is 5.75 Å². The molecule has 0 atom stereocenters. The monoisotopic (exact) mass is 278 g/mol. The average Bonchev–Trinajstić information content (AvgIpc) is 2.39. The second-order valence-corrected chi connectivity index (χ2v) is 3.85. The summed E-state index contributed by atoms with van der Waals surface area (Å²) in [5.74, 6) is -0.0162. The van der Waals surface area contributed by atoms with Gasteiger partial charge in [-0.25, -0.2) is 4.79 Å². The van der Waals surface area contributed by atoms with E-state index in [9.17, 15) is 13.6 Å². The number of hydrogen-bond acceptors (Lipinski definition) is 2. The van der Waals surface area contributed by atoms with Gasteiger partial charge in [0.25, 0.3) is 0 Å². The van der Waals surface area contributed by atoms with Crippen LogP contribution in [0.3, 0.4) is 0 Å². The zero-order chi connectivity index (χ0) is 14.4. The van der Waals surface area contributed by atoms with E-state index >= 15 is 0 Å². The summed E-state index contributed by atoms with van der Waals surface area (Å²) < 4.78 is 28.4. The van der Waals surface area contributed by atoms with Gasteiger partial charge in [-0.15, -0.1) is 0 Å². The first-order chi connectivity index (χ1) is 9.63. The molecule has 0 unspecified atom stereocenters. The van der Waals surface area contributed by atoms with Gasteiger partial charge in [0.15, 0.2) is 0 Å². The Morgan fingerprint density at radius 2 is 1.60 bits per heavy atom. The van der Waals surface area contributed by atoms with E-state index in [1.807, 2.05) is 6.07 Å². The van der Waals surface area contributed by atoms with Crippen molar-refractivity contribution in [3.8, 4) is 5.75 Å². The molecule has 0 radical (unpaired) electrons. The van der Waals surface area contributed by atoms with Crippen LogP contribution in [0.15, 0.2) is 54.6 Å². The first-order valence-electron chi connectivity index (χ1n) is 5.81. The van der Waals surface area contributed by atoms with Gasteiger partial charge >= 0.3 is 12.6 Å². The molecule has 2 aromatic carbocycles. The average molecular weight is 278 g/mol. The molecule has 0 aliphatic rings. The number of halogens is 2. The Balaban J connectivity index is 1.97. The zero-order valence-corrected chi connectivity index (χ0v) is 10.3. The molecule has 2 N–H and O–H groups in total. The van der Waals surface area contributed by atoms with E-state index in [0.29, 0.717) is 11.4 Å². The smallest absolute Gasteiger partial charge is 0.387 e. The number of para-hydroxylation sites is 1. The third-order valence-electron chi connectivity index (χ3n) is 2.35. The summed E-state index contributed by atoms with van der Waals surface area (Å²) >= 11 is 0. The van der Waals surface area contributed by atoms with E-state index in [-0.39, 0.29) is 5.75 Å². The number of rotatable bonds is 4. The van der Waals surface area contributed by atoms with Crippen LogP contribution in [0.2, 0.25) is 0 Å². The predicted octanol–water partition coefficient (Wildman–Crippen LogP) is 3.93. The van der Waals surface area contributed by atoms with Crippen LogP contribution in [0, 0.1) is 0 Å². The lowest BCUT2D eigenvalue weighted by Crippen LogP contribution is -2.19. The minimum atomic E-state index is -2.90. The van der Waals surface area contributed by atoms with Gasteiger partial charge in [-0.3, -0.25) is 0 Å². The molecule has 0 heterocycles. The van der Waals surface area contributed by atoms with Crippen LogP contribution < -0.4 is 15.4 Å². The summed E-state index contributed by atoms with van der Waals surface area (Å²) in [5, 5.41) is 5.14. The lowest BCUT2D eigenvalue weighted by atomic mass is 10.3. The molecular weight excluding hydrogens is 266 g/mol. The van der Waals surface area contributed by atoms with E-state index in [1.165, 1.54) is 18.2 Å². The molecule has 6 heteroatoms. The number of carbonyl (C=O) groups is 1. The molecule has 0 aliphatic heterocycles.